The maximum Gasteiger partial charge on any atom is 0.191 e. The second kappa shape index (κ2) is 6.03. The van der Waals surface area contributed by atoms with E-state index in [0.717, 1.165) is 5.75 Å². The molecule has 0 N–H and O–H groups in total. The number of hydrogen-bond acceptors (Lipinski definition) is 2. The number of rotatable bonds is 4. The van der Waals surface area contributed by atoms with Gasteiger partial charge in [-0.05, 0) is 36.4 Å². The number of benzene rings is 2. The van der Waals surface area contributed by atoms with Crippen LogP contribution in [-0.4, -0.2) is 12.5 Å². The topological polar surface area (TPSA) is 9.23 Å². The second-order valence-electron chi connectivity index (χ2n) is 3.71. The molecule has 0 heterocycles. The Morgan fingerprint density at radius 2 is 1.41 bits per heavy atom. The molecule has 88 valence electrons. The van der Waals surface area contributed by atoms with Crippen LogP contribution in [0.25, 0.3) is 0 Å². The summed E-state index contributed by atoms with van der Waals surface area (Å²) >= 11 is 1.74. The molecular formula is C14H15OS2+. The molecule has 2 aromatic carbocycles. The molecule has 0 radical (unpaired) electrons. The standard InChI is InChI=1S/C14H15OS2/c1-17(2)15-12-8-10-14(11-9-12)16-13-6-4-3-5-7-13/h3-11H,1-2H3/q+1. The van der Waals surface area contributed by atoms with Crippen LogP contribution in [-0.2, 0) is 11.2 Å². The van der Waals surface area contributed by atoms with Crippen LogP contribution in [0, 0.1) is 0 Å². The van der Waals surface area contributed by atoms with Crippen molar-refractivity contribution in [2.24, 2.45) is 0 Å². The van der Waals surface area contributed by atoms with Crippen LogP contribution in [0.1, 0.15) is 0 Å². The minimum absolute atomic E-state index is 0.0179. The van der Waals surface area contributed by atoms with Crippen molar-refractivity contribution in [2.45, 2.75) is 9.79 Å². The fourth-order valence-corrected chi connectivity index (χ4v) is 2.71. The molecule has 1 nitrogen and oxygen atoms in total. The molecule has 17 heavy (non-hydrogen) atoms. The van der Waals surface area contributed by atoms with Crippen molar-refractivity contribution in [1.29, 1.82) is 0 Å². The molecule has 2 aromatic rings. The predicted octanol–water partition coefficient (Wildman–Crippen LogP) is 4.01. The van der Waals surface area contributed by atoms with Crippen molar-refractivity contribution in [3.63, 3.8) is 0 Å². The van der Waals surface area contributed by atoms with E-state index in [1.54, 1.807) is 11.8 Å². The van der Waals surface area contributed by atoms with Crippen molar-refractivity contribution in [2.75, 3.05) is 12.5 Å². The molecule has 0 aliphatic carbocycles. The third-order valence-corrected chi connectivity index (χ3v) is 3.61. The summed E-state index contributed by atoms with van der Waals surface area (Å²) in [5.74, 6) is 0.941. The Bertz CT molecular complexity index is 451. The zero-order valence-electron chi connectivity index (χ0n) is 9.92. The first-order valence-electron chi connectivity index (χ1n) is 5.33. The highest BCUT2D eigenvalue weighted by Crippen LogP contribution is 2.28. The molecule has 0 spiro atoms. The van der Waals surface area contributed by atoms with Crippen LogP contribution in [0.4, 0.5) is 0 Å². The van der Waals surface area contributed by atoms with Gasteiger partial charge in [-0.15, -0.1) is 0 Å². The molecule has 0 fully saturated rings. The van der Waals surface area contributed by atoms with Gasteiger partial charge in [0.2, 0.25) is 0 Å². The summed E-state index contributed by atoms with van der Waals surface area (Å²) in [5.41, 5.74) is 0. The van der Waals surface area contributed by atoms with Gasteiger partial charge in [-0.3, -0.25) is 4.18 Å². The first kappa shape index (κ1) is 12.4. The zero-order valence-corrected chi connectivity index (χ0v) is 11.6. The van der Waals surface area contributed by atoms with Gasteiger partial charge >= 0.3 is 0 Å². The summed E-state index contributed by atoms with van der Waals surface area (Å²) in [6.45, 7) is 0. The Hall–Kier alpha value is -1.06. The largest absolute Gasteiger partial charge is 0.287 e. The highest BCUT2D eigenvalue weighted by atomic mass is 32.2. The van der Waals surface area contributed by atoms with Gasteiger partial charge < -0.3 is 0 Å². The molecule has 0 saturated carbocycles. The summed E-state index contributed by atoms with van der Waals surface area (Å²) < 4.78 is 5.64. The Morgan fingerprint density at radius 3 is 2.00 bits per heavy atom. The zero-order chi connectivity index (χ0) is 12.1. The third-order valence-electron chi connectivity index (χ3n) is 2.07. The maximum absolute atomic E-state index is 5.64. The van der Waals surface area contributed by atoms with Gasteiger partial charge in [-0.1, -0.05) is 30.0 Å². The molecular weight excluding hydrogens is 248 g/mol. The minimum Gasteiger partial charge on any atom is -0.287 e. The van der Waals surface area contributed by atoms with Gasteiger partial charge in [-0.25, -0.2) is 0 Å². The van der Waals surface area contributed by atoms with E-state index in [4.69, 9.17) is 4.18 Å². The van der Waals surface area contributed by atoms with Gasteiger partial charge in [0.25, 0.3) is 0 Å². The van der Waals surface area contributed by atoms with Crippen molar-refractivity contribution in [3.05, 3.63) is 54.6 Å². The van der Waals surface area contributed by atoms with Crippen LogP contribution >= 0.6 is 11.8 Å². The Morgan fingerprint density at radius 1 is 0.824 bits per heavy atom. The molecule has 0 amide bonds. The SMILES string of the molecule is C[S+](C)Oc1ccc(Sc2ccccc2)cc1. The summed E-state index contributed by atoms with van der Waals surface area (Å²) in [6.07, 6.45) is 4.12. The van der Waals surface area contributed by atoms with Crippen molar-refractivity contribution < 1.29 is 4.18 Å². The van der Waals surface area contributed by atoms with E-state index in [9.17, 15) is 0 Å². The van der Waals surface area contributed by atoms with E-state index in [0.29, 0.717) is 0 Å². The molecule has 2 rings (SSSR count). The molecule has 0 bridgehead atoms. The smallest absolute Gasteiger partial charge is 0.191 e. The van der Waals surface area contributed by atoms with Gasteiger partial charge in [-0.2, -0.15) is 0 Å². The quantitative estimate of drug-likeness (QED) is 0.771. The Balaban J connectivity index is 2.03. The predicted molar refractivity (Wildman–Crippen MR) is 76.8 cm³/mol. The maximum atomic E-state index is 5.64. The highest BCUT2D eigenvalue weighted by Gasteiger charge is 2.05. The number of hydrogen-bond donors (Lipinski definition) is 0. The molecule has 0 saturated heterocycles. The van der Waals surface area contributed by atoms with Gasteiger partial charge in [0, 0.05) is 9.79 Å². The van der Waals surface area contributed by atoms with Crippen LogP contribution in [0.15, 0.2) is 64.4 Å². The molecule has 0 atom stereocenters. The Labute approximate surface area is 110 Å². The third kappa shape index (κ3) is 4.02. The minimum atomic E-state index is -0.0179. The van der Waals surface area contributed by atoms with E-state index in [1.807, 2.05) is 18.2 Å². The lowest BCUT2D eigenvalue weighted by atomic mass is 10.3. The van der Waals surface area contributed by atoms with Gasteiger partial charge in [0.15, 0.2) is 16.9 Å². The second-order valence-corrected chi connectivity index (χ2v) is 6.51. The van der Waals surface area contributed by atoms with E-state index < -0.39 is 0 Å². The fourth-order valence-electron chi connectivity index (χ4n) is 1.38. The van der Waals surface area contributed by atoms with Crippen molar-refractivity contribution >= 4 is 22.9 Å². The Kier molecular flexibility index (Phi) is 4.40. The van der Waals surface area contributed by atoms with Crippen LogP contribution in [0.3, 0.4) is 0 Å². The van der Waals surface area contributed by atoms with Crippen LogP contribution < -0.4 is 4.18 Å². The normalized spacial score (nSPS) is 10.5. The van der Waals surface area contributed by atoms with Crippen molar-refractivity contribution in [1.82, 2.24) is 0 Å². The van der Waals surface area contributed by atoms with Crippen molar-refractivity contribution in [3.8, 4) is 5.75 Å². The lowest BCUT2D eigenvalue weighted by Crippen LogP contribution is -2.03. The molecule has 0 unspecified atom stereocenters. The van der Waals surface area contributed by atoms with Gasteiger partial charge in [0.05, 0.1) is 0 Å². The molecule has 0 aliphatic rings. The van der Waals surface area contributed by atoms with E-state index >= 15 is 0 Å². The molecule has 0 aromatic heterocycles. The van der Waals surface area contributed by atoms with Crippen LogP contribution in [0.5, 0.6) is 5.75 Å². The molecule has 3 heteroatoms. The summed E-state index contributed by atoms with van der Waals surface area (Å²) in [7, 11) is 0. The highest BCUT2D eigenvalue weighted by molar-refractivity contribution is 7.99. The van der Waals surface area contributed by atoms with Crippen LogP contribution in [0.2, 0.25) is 0 Å². The van der Waals surface area contributed by atoms with Gasteiger partial charge in [0.1, 0.15) is 12.5 Å². The lowest BCUT2D eigenvalue weighted by Gasteiger charge is -2.03. The van der Waals surface area contributed by atoms with E-state index in [1.165, 1.54) is 9.79 Å². The average molecular weight is 263 g/mol. The first-order chi connectivity index (χ1) is 8.24. The summed E-state index contributed by atoms with van der Waals surface area (Å²) in [6, 6.07) is 18.6. The van der Waals surface area contributed by atoms with E-state index in [2.05, 4.69) is 48.9 Å². The fraction of sp³-hybridized carbons (Fsp3) is 0.143. The monoisotopic (exact) mass is 263 g/mol. The van der Waals surface area contributed by atoms with E-state index in [-0.39, 0.29) is 11.2 Å². The first-order valence-corrected chi connectivity index (χ1v) is 8.11. The lowest BCUT2D eigenvalue weighted by molar-refractivity contribution is 0.634. The molecule has 0 aliphatic heterocycles. The summed E-state index contributed by atoms with van der Waals surface area (Å²) in [4.78, 5) is 2.49. The average Bonchev–Trinajstić information content (AvgIpc) is 2.32. The summed E-state index contributed by atoms with van der Waals surface area (Å²) in [5, 5.41) is 0.